The first-order chi connectivity index (χ1) is 9.17. The number of hydrogen-bond acceptors (Lipinski definition) is 2. The summed E-state index contributed by atoms with van der Waals surface area (Å²) < 4.78 is 2.04. The molecule has 0 bridgehead atoms. The summed E-state index contributed by atoms with van der Waals surface area (Å²) in [6.45, 7) is 0. The fraction of sp³-hybridized carbons (Fsp3) is 0. The van der Waals surface area contributed by atoms with Crippen LogP contribution in [0.4, 0.5) is 0 Å². The highest BCUT2D eigenvalue weighted by molar-refractivity contribution is 9.10. The average molecular weight is 395 g/mol. The van der Waals surface area contributed by atoms with Crippen molar-refractivity contribution < 1.29 is 0 Å². The number of halogens is 2. The number of thioether (sulfide) groups is 1. The van der Waals surface area contributed by atoms with E-state index in [-0.39, 0.29) is 0 Å². The molecule has 0 fully saturated rings. The molecular weight excluding hydrogens is 386 g/mol. The van der Waals surface area contributed by atoms with Gasteiger partial charge in [-0.1, -0.05) is 55.8 Å². The van der Waals surface area contributed by atoms with Crippen LogP contribution in [0.3, 0.4) is 0 Å². The lowest BCUT2D eigenvalue weighted by atomic mass is 10.2. The lowest BCUT2D eigenvalue weighted by Crippen LogP contribution is -1.77. The summed E-state index contributed by atoms with van der Waals surface area (Å²) in [4.78, 5) is 1.71. The Morgan fingerprint density at radius 2 is 1.79 bits per heavy atom. The van der Waals surface area contributed by atoms with Crippen molar-refractivity contribution in [2.24, 2.45) is 0 Å². The van der Waals surface area contributed by atoms with Crippen LogP contribution in [0.5, 0.6) is 0 Å². The van der Waals surface area contributed by atoms with E-state index in [9.17, 15) is 5.26 Å². The number of nitriles is 1. The Kier molecular flexibility index (Phi) is 5.26. The third-order valence-corrected chi connectivity index (χ3v) is 4.26. The second-order valence-corrected chi connectivity index (χ2v) is 6.68. The van der Waals surface area contributed by atoms with Gasteiger partial charge >= 0.3 is 0 Å². The van der Waals surface area contributed by atoms with Gasteiger partial charge in [-0.05, 0) is 48.0 Å². The molecule has 0 radical (unpaired) electrons. The third kappa shape index (κ3) is 4.54. The van der Waals surface area contributed by atoms with Crippen LogP contribution < -0.4 is 0 Å². The quantitative estimate of drug-likeness (QED) is 0.480. The van der Waals surface area contributed by atoms with Crippen molar-refractivity contribution >= 4 is 49.7 Å². The lowest BCUT2D eigenvalue weighted by Gasteiger charge is -2.01. The SMILES string of the molecule is N#CC(=Cc1cccc(Br)c1)Sc1ccc(Br)cc1. The molecule has 0 spiro atoms. The Morgan fingerprint density at radius 3 is 2.42 bits per heavy atom. The summed E-state index contributed by atoms with van der Waals surface area (Å²) in [6, 6.07) is 18.0. The predicted molar refractivity (Wildman–Crippen MR) is 87.7 cm³/mol. The van der Waals surface area contributed by atoms with E-state index < -0.39 is 0 Å². The summed E-state index contributed by atoms with van der Waals surface area (Å²) in [6.07, 6.45) is 1.89. The zero-order chi connectivity index (χ0) is 13.7. The minimum absolute atomic E-state index is 0.667. The molecule has 0 aliphatic carbocycles. The summed E-state index contributed by atoms with van der Waals surface area (Å²) >= 11 is 8.28. The summed E-state index contributed by atoms with van der Waals surface area (Å²) in [5, 5.41) is 9.21. The maximum atomic E-state index is 9.21. The molecule has 0 saturated carbocycles. The smallest absolute Gasteiger partial charge is 0.106 e. The molecule has 0 aliphatic rings. The summed E-state index contributed by atoms with van der Waals surface area (Å²) in [5.74, 6) is 0. The first-order valence-electron chi connectivity index (χ1n) is 5.48. The molecule has 2 aromatic rings. The molecule has 0 aromatic heterocycles. The van der Waals surface area contributed by atoms with E-state index in [1.54, 1.807) is 0 Å². The lowest BCUT2D eigenvalue weighted by molar-refractivity contribution is 1.44. The van der Waals surface area contributed by atoms with Gasteiger partial charge in [0.05, 0.1) is 4.91 Å². The largest absolute Gasteiger partial charge is 0.192 e. The molecule has 0 N–H and O–H groups in total. The van der Waals surface area contributed by atoms with Crippen LogP contribution in [0.1, 0.15) is 5.56 Å². The van der Waals surface area contributed by atoms with Crippen molar-refractivity contribution in [3.8, 4) is 6.07 Å². The van der Waals surface area contributed by atoms with Crippen molar-refractivity contribution in [2.45, 2.75) is 4.90 Å². The van der Waals surface area contributed by atoms with Gasteiger partial charge < -0.3 is 0 Å². The van der Waals surface area contributed by atoms with Crippen LogP contribution in [0.15, 0.2) is 67.3 Å². The van der Waals surface area contributed by atoms with Crippen LogP contribution in [-0.4, -0.2) is 0 Å². The van der Waals surface area contributed by atoms with Gasteiger partial charge in [-0.3, -0.25) is 0 Å². The Balaban J connectivity index is 2.21. The van der Waals surface area contributed by atoms with Crippen molar-refractivity contribution in [1.82, 2.24) is 0 Å². The first kappa shape index (κ1) is 14.4. The minimum Gasteiger partial charge on any atom is -0.192 e. The van der Waals surface area contributed by atoms with Gasteiger partial charge in [-0.2, -0.15) is 5.26 Å². The monoisotopic (exact) mass is 393 g/mol. The van der Waals surface area contributed by atoms with Crippen molar-refractivity contribution in [3.63, 3.8) is 0 Å². The first-order valence-corrected chi connectivity index (χ1v) is 7.88. The Labute approximate surface area is 133 Å². The topological polar surface area (TPSA) is 23.8 Å². The van der Waals surface area contributed by atoms with E-state index in [1.807, 2.05) is 54.6 Å². The van der Waals surface area contributed by atoms with Crippen molar-refractivity contribution in [2.75, 3.05) is 0 Å². The zero-order valence-corrected chi connectivity index (χ0v) is 13.8. The summed E-state index contributed by atoms with van der Waals surface area (Å²) in [7, 11) is 0. The molecule has 0 amide bonds. The molecule has 2 aromatic carbocycles. The highest BCUT2D eigenvalue weighted by atomic mass is 79.9. The average Bonchev–Trinajstić information content (AvgIpc) is 2.40. The molecule has 19 heavy (non-hydrogen) atoms. The standard InChI is InChI=1S/C15H9Br2NS/c16-12-4-6-14(7-5-12)19-15(10-18)9-11-2-1-3-13(17)8-11/h1-9H. The molecule has 0 atom stereocenters. The fourth-order valence-corrected chi connectivity index (χ4v) is 2.91. The van der Waals surface area contributed by atoms with Gasteiger partial charge in [0.25, 0.3) is 0 Å². The van der Waals surface area contributed by atoms with E-state index in [0.717, 1.165) is 19.4 Å². The van der Waals surface area contributed by atoms with E-state index in [1.165, 1.54) is 11.8 Å². The van der Waals surface area contributed by atoms with Gasteiger partial charge in [-0.25, -0.2) is 0 Å². The van der Waals surface area contributed by atoms with Gasteiger partial charge in [-0.15, -0.1) is 0 Å². The second kappa shape index (κ2) is 6.95. The van der Waals surface area contributed by atoms with Gasteiger partial charge in [0.15, 0.2) is 0 Å². The van der Waals surface area contributed by atoms with Crippen LogP contribution in [0.25, 0.3) is 6.08 Å². The number of rotatable bonds is 3. The number of allylic oxidation sites excluding steroid dienone is 1. The molecule has 0 saturated heterocycles. The molecule has 2 rings (SSSR count). The zero-order valence-electron chi connectivity index (χ0n) is 9.81. The Hall–Kier alpha value is -1.02. The number of benzene rings is 2. The number of nitrogens with zero attached hydrogens (tertiary/aromatic N) is 1. The summed E-state index contributed by atoms with van der Waals surface area (Å²) in [5.41, 5.74) is 1.01. The van der Waals surface area contributed by atoms with E-state index in [2.05, 4.69) is 37.9 Å². The molecule has 0 heterocycles. The molecular formula is C15H9Br2NS. The van der Waals surface area contributed by atoms with Crippen molar-refractivity contribution in [1.29, 1.82) is 5.26 Å². The van der Waals surface area contributed by atoms with Crippen LogP contribution in [-0.2, 0) is 0 Å². The Bertz CT molecular complexity index is 642. The van der Waals surface area contributed by atoms with E-state index in [0.29, 0.717) is 4.91 Å². The van der Waals surface area contributed by atoms with E-state index >= 15 is 0 Å². The van der Waals surface area contributed by atoms with E-state index in [4.69, 9.17) is 0 Å². The van der Waals surface area contributed by atoms with Crippen LogP contribution in [0, 0.1) is 11.3 Å². The predicted octanol–water partition coefficient (Wildman–Crippen LogP) is 5.87. The van der Waals surface area contributed by atoms with Gasteiger partial charge in [0.1, 0.15) is 6.07 Å². The molecule has 1 nitrogen and oxygen atoms in total. The molecule has 0 aliphatic heterocycles. The maximum absolute atomic E-state index is 9.21. The third-order valence-electron chi connectivity index (χ3n) is 2.30. The normalized spacial score (nSPS) is 11.1. The fourth-order valence-electron chi connectivity index (χ4n) is 1.46. The Morgan fingerprint density at radius 1 is 1.05 bits per heavy atom. The maximum Gasteiger partial charge on any atom is 0.106 e. The van der Waals surface area contributed by atoms with Gasteiger partial charge in [0, 0.05) is 13.8 Å². The molecule has 0 unspecified atom stereocenters. The highest BCUT2D eigenvalue weighted by Gasteiger charge is 2.01. The van der Waals surface area contributed by atoms with Crippen LogP contribution >= 0.6 is 43.6 Å². The minimum atomic E-state index is 0.667. The van der Waals surface area contributed by atoms with Crippen LogP contribution in [0.2, 0.25) is 0 Å². The van der Waals surface area contributed by atoms with Gasteiger partial charge in [0.2, 0.25) is 0 Å². The highest BCUT2D eigenvalue weighted by Crippen LogP contribution is 2.29. The number of hydrogen-bond donors (Lipinski definition) is 0. The second-order valence-electron chi connectivity index (χ2n) is 3.73. The molecule has 94 valence electrons. The van der Waals surface area contributed by atoms with Crippen molar-refractivity contribution in [3.05, 3.63) is 67.9 Å². The molecule has 4 heteroatoms.